The van der Waals surface area contributed by atoms with E-state index in [1.54, 1.807) is 6.07 Å². The van der Waals surface area contributed by atoms with Gasteiger partial charge >= 0.3 is 115 Å². The van der Waals surface area contributed by atoms with Gasteiger partial charge in [-0.1, -0.05) is 0 Å². The number of fused-ring (bicyclic) bond motifs is 3. The van der Waals surface area contributed by atoms with E-state index in [9.17, 15) is 9.59 Å². The normalized spacial score (nSPS) is 11.2. The van der Waals surface area contributed by atoms with Gasteiger partial charge in [0.05, 0.1) is 0 Å². The summed E-state index contributed by atoms with van der Waals surface area (Å²) in [6, 6.07) is 5.03. The van der Waals surface area contributed by atoms with Gasteiger partial charge in [0.25, 0.3) is 0 Å². The van der Waals surface area contributed by atoms with Crippen LogP contribution in [0.3, 0.4) is 0 Å². The molecule has 6 heteroatoms. The molecule has 0 unspecified atom stereocenters. The third-order valence-corrected chi connectivity index (χ3v) is 6.05. The molecule has 0 bridgehead atoms. The molecule has 1 aromatic carbocycles. The molecule has 0 aliphatic carbocycles. The van der Waals surface area contributed by atoms with Crippen LogP contribution in [0, 0.1) is 0 Å². The molecule has 2 heterocycles. The van der Waals surface area contributed by atoms with Gasteiger partial charge in [-0.25, -0.2) is 0 Å². The Labute approximate surface area is 115 Å². The maximum absolute atomic E-state index is 11.6. The fourth-order valence-electron chi connectivity index (χ4n) is 1.79. The summed E-state index contributed by atoms with van der Waals surface area (Å²) < 4.78 is 7.13. The van der Waals surface area contributed by atoms with Crippen molar-refractivity contribution in [1.82, 2.24) is 0 Å². The van der Waals surface area contributed by atoms with Crippen molar-refractivity contribution in [2.45, 2.75) is 0 Å². The van der Waals surface area contributed by atoms with Gasteiger partial charge < -0.3 is 0 Å². The Morgan fingerprint density at radius 2 is 2.17 bits per heavy atom. The van der Waals surface area contributed by atoms with Crippen molar-refractivity contribution < 1.29 is 14.3 Å². The summed E-state index contributed by atoms with van der Waals surface area (Å²) in [5.41, 5.74) is -0.643. The molecule has 90 valence electrons. The second-order valence-corrected chi connectivity index (χ2v) is 6.40. The SMILES string of the molecule is O=C(O)c1cc2ccc3c(Br)c[se]c3c2oc1=O. The van der Waals surface area contributed by atoms with Gasteiger partial charge in [-0.3, -0.25) is 0 Å². The van der Waals surface area contributed by atoms with E-state index in [-0.39, 0.29) is 20.1 Å². The first-order valence-electron chi connectivity index (χ1n) is 4.95. The molecule has 0 saturated carbocycles. The van der Waals surface area contributed by atoms with Crippen LogP contribution in [0.1, 0.15) is 10.4 Å². The molecule has 0 atom stereocenters. The summed E-state index contributed by atoms with van der Waals surface area (Å²) in [6.07, 6.45) is 0. The molecule has 1 N–H and O–H groups in total. The van der Waals surface area contributed by atoms with Crippen molar-refractivity contribution in [3.05, 3.63) is 43.6 Å². The Morgan fingerprint density at radius 3 is 2.89 bits per heavy atom. The zero-order valence-electron chi connectivity index (χ0n) is 8.77. The molecule has 0 aliphatic heterocycles. The number of carboxylic acid groups (broad SMARTS) is 1. The van der Waals surface area contributed by atoms with Gasteiger partial charge in [-0.05, 0) is 0 Å². The average Bonchev–Trinajstić information content (AvgIpc) is 2.70. The quantitative estimate of drug-likeness (QED) is 0.527. The number of aromatic carboxylic acids is 1. The molecule has 0 saturated heterocycles. The van der Waals surface area contributed by atoms with E-state index >= 15 is 0 Å². The third-order valence-electron chi connectivity index (χ3n) is 2.63. The number of carbonyl (C=O) groups is 1. The predicted octanol–water partition coefficient (Wildman–Crippen LogP) is 2.46. The van der Waals surface area contributed by atoms with E-state index in [0.717, 1.165) is 14.1 Å². The number of halogens is 1. The van der Waals surface area contributed by atoms with Gasteiger partial charge in [0.1, 0.15) is 0 Å². The van der Waals surface area contributed by atoms with Crippen molar-refractivity contribution in [3.8, 4) is 0 Å². The van der Waals surface area contributed by atoms with E-state index in [1.165, 1.54) is 6.07 Å². The molecule has 0 spiro atoms. The van der Waals surface area contributed by atoms with Crippen molar-refractivity contribution in [3.63, 3.8) is 0 Å². The first-order chi connectivity index (χ1) is 8.58. The molecule has 3 rings (SSSR count). The number of rotatable bonds is 1. The van der Waals surface area contributed by atoms with Crippen LogP contribution in [0.4, 0.5) is 0 Å². The zero-order chi connectivity index (χ0) is 12.9. The summed E-state index contributed by atoms with van der Waals surface area (Å²) >= 11 is 3.53. The predicted molar refractivity (Wildman–Crippen MR) is 71.6 cm³/mol. The van der Waals surface area contributed by atoms with E-state index in [4.69, 9.17) is 9.52 Å². The molecule has 18 heavy (non-hydrogen) atoms. The first kappa shape index (κ1) is 11.7. The molecule has 3 aromatic rings. The van der Waals surface area contributed by atoms with E-state index in [0.29, 0.717) is 11.0 Å². The molecule has 0 aliphatic rings. The molecule has 0 amide bonds. The summed E-state index contributed by atoms with van der Waals surface area (Å²) in [5.74, 6) is -1.27. The Kier molecular flexibility index (Phi) is 2.66. The monoisotopic (exact) mass is 372 g/mol. The van der Waals surface area contributed by atoms with Crippen LogP contribution in [0.2, 0.25) is 0 Å². The Morgan fingerprint density at radius 1 is 1.39 bits per heavy atom. The van der Waals surface area contributed by atoms with Gasteiger partial charge in [0, 0.05) is 0 Å². The van der Waals surface area contributed by atoms with Gasteiger partial charge in [-0.2, -0.15) is 0 Å². The summed E-state index contributed by atoms with van der Waals surface area (Å²) in [7, 11) is 0. The molecule has 4 nitrogen and oxygen atoms in total. The van der Waals surface area contributed by atoms with Crippen molar-refractivity contribution in [1.29, 1.82) is 0 Å². The van der Waals surface area contributed by atoms with E-state index in [1.807, 2.05) is 11.0 Å². The van der Waals surface area contributed by atoms with Gasteiger partial charge in [0.15, 0.2) is 0 Å². The third kappa shape index (κ3) is 1.65. The first-order valence-corrected chi connectivity index (χ1v) is 7.58. The van der Waals surface area contributed by atoms with Crippen LogP contribution in [-0.2, 0) is 0 Å². The molecule has 0 radical (unpaired) electrons. The van der Waals surface area contributed by atoms with Crippen molar-refractivity contribution in [2.75, 3.05) is 0 Å². The van der Waals surface area contributed by atoms with Crippen LogP contribution in [-0.4, -0.2) is 25.6 Å². The Bertz CT molecular complexity index is 846. The minimum atomic E-state index is -1.27. The van der Waals surface area contributed by atoms with E-state index < -0.39 is 11.6 Å². The van der Waals surface area contributed by atoms with Crippen molar-refractivity contribution >= 4 is 57.0 Å². The second-order valence-electron chi connectivity index (χ2n) is 3.70. The number of benzene rings is 1. The van der Waals surface area contributed by atoms with Crippen LogP contribution < -0.4 is 5.63 Å². The average molecular weight is 372 g/mol. The molecule has 0 fully saturated rings. The number of hydrogen-bond donors (Lipinski definition) is 1. The van der Waals surface area contributed by atoms with Crippen molar-refractivity contribution in [2.24, 2.45) is 0 Å². The summed E-state index contributed by atoms with van der Waals surface area (Å²) in [5, 5.41) is 10.5. The van der Waals surface area contributed by atoms with Crippen LogP contribution in [0.15, 0.2) is 36.8 Å². The summed E-state index contributed by atoms with van der Waals surface area (Å²) in [6.45, 7) is 0. The maximum atomic E-state index is 11.6. The van der Waals surface area contributed by atoms with E-state index in [2.05, 4.69) is 15.9 Å². The fourth-order valence-corrected chi connectivity index (χ4v) is 4.83. The zero-order valence-corrected chi connectivity index (χ0v) is 12.1. The summed E-state index contributed by atoms with van der Waals surface area (Å²) in [4.78, 5) is 24.5. The molecule has 2 aromatic heterocycles. The Hall–Kier alpha value is -1.36. The van der Waals surface area contributed by atoms with Crippen LogP contribution in [0.5, 0.6) is 0 Å². The topological polar surface area (TPSA) is 67.5 Å². The number of carboxylic acids is 1. The van der Waals surface area contributed by atoms with Gasteiger partial charge in [0.2, 0.25) is 0 Å². The Balaban J connectivity index is 2.50. The fraction of sp³-hybridized carbons (Fsp3) is 0. The van der Waals surface area contributed by atoms with Crippen LogP contribution in [0.25, 0.3) is 20.6 Å². The van der Waals surface area contributed by atoms with Gasteiger partial charge in [-0.15, -0.1) is 0 Å². The molecular formula is C12H5BrO4Se. The number of hydrogen-bond acceptors (Lipinski definition) is 3. The van der Waals surface area contributed by atoms with Crippen LogP contribution >= 0.6 is 15.9 Å². The minimum absolute atomic E-state index is 0.0916. The molecular weight excluding hydrogens is 367 g/mol. The second kappa shape index (κ2) is 4.09. The standard InChI is InChI=1S/C12H5BrO4Se/c13-8-4-18-10-6(8)2-1-5-3-7(11(14)15)12(16)17-9(5)10/h1-4H,(H,14,15).